The molecule has 6 heteroatoms. The molecule has 1 fully saturated rings. The van der Waals surface area contributed by atoms with Crippen molar-refractivity contribution >= 4 is 17.6 Å². The summed E-state index contributed by atoms with van der Waals surface area (Å²) in [4.78, 5) is 26.5. The van der Waals surface area contributed by atoms with Crippen LogP contribution >= 0.6 is 0 Å². The molecule has 2 aromatic rings. The van der Waals surface area contributed by atoms with Gasteiger partial charge in [0.25, 0.3) is 5.91 Å². The summed E-state index contributed by atoms with van der Waals surface area (Å²) < 4.78 is 11.4. The number of methoxy groups -OCH3 is 1. The highest BCUT2D eigenvalue weighted by Gasteiger charge is 2.45. The van der Waals surface area contributed by atoms with Gasteiger partial charge in [-0.2, -0.15) is 0 Å². The van der Waals surface area contributed by atoms with E-state index in [1.165, 1.54) is 0 Å². The number of hydrogen-bond acceptors (Lipinski definition) is 4. The number of benzene rings is 2. The molecule has 1 atom stereocenters. The second-order valence-corrected chi connectivity index (χ2v) is 9.11. The van der Waals surface area contributed by atoms with Crippen molar-refractivity contribution in [3.8, 4) is 5.75 Å². The van der Waals surface area contributed by atoms with Crippen LogP contribution in [0.5, 0.6) is 5.75 Å². The van der Waals surface area contributed by atoms with Gasteiger partial charge in [-0.3, -0.25) is 4.79 Å². The van der Waals surface area contributed by atoms with Crippen LogP contribution < -0.4 is 10.1 Å². The Morgan fingerprint density at radius 1 is 1.06 bits per heavy atom. The fraction of sp³-hybridized carbons (Fsp3) is 0.481. The number of rotatable bonds is 10. The zero-order valence-electron chi connectivity index (χ0n) is 20.4. The van der Waals surface area contributed by atoms with E-state index < -0.39 is 0 Å². The van der Waals surface area contributed by atoms with E-state index in [9.17, 15) is 9.59 Å². The van der Waals surface area contributed by atoms with Crippen molar-refractivity contribution in [1.82, 2.24) is 0 Å². The van der Waals surface area contributed by atoms with Gasteiger partial charge >= 0.3 is 5.97 Å². The average Bonchev–Trinajstić information content (AvgIpc) is 3.27. The van der Waals surface area contributed by atoms with Crippen molar-refractivity contribution in [1.29, 1.82) is 0 Å². The van der Waals surface area contributed by atoms with E-state index in [2.05, 4.69) is 12.2 Å². The third kappa shape index (κ3) is 6.14. The molecule has 1 heterocycles. The Morgan fingerprint density at radius 3 is 2.27 bits per heavy atom. The van der Waals surface area contributed by atoms with Crippen molar-refractivity contribution < 1.29 is 23.5 Å². The van der Waals surface area contributed by atoms with Crippen molar-refractivity contribution in [2.45, 2.75) is 59.1 Å². The highest BCUT2D eigenvalue weighted by atomic mass is 16.5. The first-order valence-corrected chi connectivity index (χ1v) is 11.9. The highest BCUT2D eigenvalue weighted by molar-refractivity contribution is 5.95. The molecule has 1 unspecified atom stereocenters. The van der Waals surface area contributed by atoms with Crippen LogP contribution in [-0.2, 0) is 20.9 Å². The first-order valence-electron chi connectivity index (χ1n) is 11.9. The molecule has 0 aromatic heterocycles. The Hall–Kier alpha value is -2.86. The number of carbonyl (C=O) groups excluding carboxylic acids is 2. The molecule has 1 aliphatic heterocycles. The summed E-state index contributed by atoms with van der Waals surface area (Å²) >= 11 is 0. The minimum absolute atomic E-state index is 0.0222. The number of hydrogen-bond donors (Lipinski definition) is 1. The monoisotopic (exact) mass is 453 g/mol. The van der Waals surface area contributed by atoms with Crippen LogP contribution in [0.1, 0.15) is 49.3 Å². The summed E-state index contributed by atoms with van der Waals surface area (Å²) in [5.41, 5.74) is 3.72. The van der Waals surface area contributed by atoms with Gasteiger partial charge in [-0.25, -0.2) is 4.79 Å². The quantitative estimate of drug-likeness (QED) is 0.416. The lowest BCUT2D eigenvalue weighted by Crippen LogP contribution is -2.60. The van der Waals surface area contributed by atoms with Gasteiger partial charge in [0.1, 0.15) is 12.4 Å². The van der Waals surface area contributed by atoms with E-state index in [4.69, 9.17) is 9.47 Å². The third-order valence-electron chi connectivity index (χ3n) is 6.66. The van der Waals surface area contributed by atoms with Crippen LogP contribution in [-0.4, -0.2) is 49.1 Å². The number of aryl methyl sites for hydroxylation is 2. The molecule has 6 nitrogen and oxygen atoms in total. The number of nitrogens with zero attached hydrogens (tertiary/aromatic N) is 1. The molecule has 0 aliphatic carbocycles. The molecule has 2 aromatic carbocycles. The normalized spacial score (nSPS) is 15.6. The lowest BCUT2D eigenvalue weighted by atomic mass is 10.0. The van der Waals surface area contributed by atoms with Gasteiger partial charge in [0.2, 0.25) is 0 Å². The summed E-state index contributed by atoms with van der Waals surface area (Å²) in [5.74, 6) is 0.509. The summed E-state index contributed by atoms with van der Waals surface area (Å²) in [7, 11) is 1.64. The summed E-state index contributed by atoms with van der Waals surface area (Å²) in [6.45, 7) is 8.16. The fourth-order valence-electron chi connectivity index (χ4n) is 4.96. The van der Waals surface area contributed by atoms with Crippen LogP contribution in [0, 0.1) is 13.8 Å². The molecule has 0 bridgehead atoms. The number of carbonyl (C=O) groups is 2. The highest BCUT2D eigenvalue weighted by Crippen LogP contribution is 2.30. The number of ether oxygens (including phenoxy) is 2. The van der Waals surface area contributed by atoms with E-state index in [0.29, 0.717) is 4.48 Å². The molecule has 1 saturated heterocycles. The molecule has 0 saturated carbocycles. The van der Waals surface area contributed by atoms with Crippen LogP contribution in [0.2, 0.25) is 0 Å². The molecule has 178 valence electrons. The molecule has 0 radical (unpaired) electrons. The summed E-state index contributed by atoms with van der Waals surface area (Å²) in [5, 5.41) is 3.19. The van der Waals surface area contributed by atoms with E-state index in [1.807, 2.05) is 56.3 Å². The van der Waals surface area contributed by atoms with Crippen molar-refractivity contribution in [2.75, 3.05) is 32.1 Å². The summed E-state index contributed by atoms with van der Waals surface area (Å²) in [6, 6.07) is 13.3. The van der Waals surface area contributed by atoms with Crippen LogP contribution in [0.4, 0.5) is 5.69 Å². The second kappa shape index (κ2) is 11.3. The molecular weight excluding hydrogens is 416 g/mol. The molecule has 33 heavy (non-hydrogen) atoms. The first kappa shape index (κ1) is 24.8. The van der Waals surface area contributed by atoms with Crippen molar-refractivity contribution in [2.24, 2.45) is 0 Å². The van der Waals surface area contributed by atoms with Gasteiger partial charge < -0.3 is 19.3 Å². The largest absolute Gasteiger partial charge is 0.497 e. The smallest absolute Gasteiger partial charge is 0.362 e. The number of esters is 1. The molecule has 1 aliphatic rings. The fourth-order valence-corrected chi connectivity index (χ4v) is 4.96. The SMILES string of the molecule is CCCC(C(=O)Nc1c(C)cc(OC)cc1C)[N+]1(CC(=O)OCc2ccccc2)CCCC1. The Morgan fingerprint density at radius 2 is 1.70 bits per heavy atom. The number of anilines is 1. The average molecular weight is 454 g/mol. The third-order valence-corrected chi connectivity index (χ3v) is 6.66. The second-order valence-electron chi connectivity index (χ2n) is 9.11. The maximum absolute atomic E-state index is 13.6. The van der Waals surface area contributed by atoms with Gasteiger partial charge in [-0.05, 0) is 49.1 Å². The molecule has 1 N–H and O–H groups in total. The number of quaternary nitrogens is 1. The van der Waals surface area contributed by atoms with Crippen molar-refractivity contribution in [3.05, 3.63) is 59.2 Å². The first-order chi connectivity index (χ1) is 15.9. The zero-order valence-corrected chi connectivity index (χ0v) is 20.4. The molecular formula is C27H37N2O4+. The maximum Gasteiger partial charge on any atom is 0.362 e. The van der Waals surface area contributed by atoms with E-state index in [-0.39, 0.29) is 31.1 Å². The number of nitrogens with one attached hydrogen (secondary N) is 1. The van der Waals surface area contributed by atoms with Gasteiger partial charge in [0, 0.05) is 24.9 Å². The van der Waals surface area contributed by atoms with Crippen LogP contribution in [0.3, 0.4) is 0 Å². The van der Waals surface area contributed by atoms with E-state index in [0.717, 1.165) is 66.9 Å². The van der Waals surface area contributed by atoms with E-state index >= 15 is 0 Å². The van der Waals surface area contributed by atoms with Gasteiger partial charge in [-0.15, -0.1) is 0 Å². The van der Waals surface area contributed by atoms with Crippen LogP contribution in [0.15, 0.2) is 42.5 Å². The Bertz CT molecular complexity index is 929. The van der Waals surface area contributed by atoms with Crippen molar-refractivity contribution in [3.63, 3.8) is 0 Å². The molecule has 3 rings (SSSR count). The lowest BCUT2D eigenvalue weighted by molar-refractivity contribution is -0.925. The summed E-state index contributed by atoms with van der Waals surface area (Å²) in [6.07, 6.45) is 3.63. The standard InChI is InChI=1S/C27H36N2O4/c1-5-11-24(27(31)28-26-20(2)16-23(32-4)17-21(26)3)29(14-9-10-15-29)18-25(30)33-19-22-12-7-6-8-13-22/h6-8,12-13,16-17,24H,5,9-11,14-15,18-19H2,1-4H3/p+1. The Kier molecular flexibility index (Phi) is 8.50. The predicted molar refractivity (Wildman–Crippen MR) is 130 cm³/mol. The van der Waals surface area contributed by atoms with Crippen LogP contribution in [0.25, 0.3) is 0 Å². The predicted octanol–water partition coefficient (Wildman–Crippen LogP) is 4.77. The lowest BCUT2D eigenvalue weighted by Gasteiger charge is -2.40. The minimum atomic E-state index is -0.289. The Labute approximate surface area is 197 Å². The number of amides is 1. The van der Waals surface area contributed by atoms with Gasteiger partial charge in [0.05, 0.1) is 20.2 Å². The maximum atomic E-state index is 13.6. The number of likely N-dealkylation sites (tertiary alicyclic amines) is 1. The minimum Gasteiger partial charge on any atom is -0.497 e. The topological polar surface area (TPSA) is 64.6 Å². The molecule has 1 amide bonds. The molecule has 0 spiro atoms. The van der Waals surface area contributed by atoms with E-state index in [1.54, 1.807) is 7.11 Å². The Balaban J connectivity index is 1.76. The van der Waals surface area contributed by atoms with Gasteiger partial charge in [-0.1, -0.05) is 37.3 Å². The zero-order chi connectivity index (χ0) is 23.8. The van der Waals surface area contributed by atoms with Gasteiger partial charge in [0.15, 0.2) is 12.6 Å².